The van der Waals surface area contributed by atoms with E-state index in [0.717, 1.165) is 24.8 Å². The maximum Gasteiger partial charge on any atom is 0.317 e. The number of nitrogens with zero attached hydrogens (tertiary/aromatic N) is 3. The van der Waals surface area contributed by atoms with E-state index in [1.165, 1.54) is 9.80 Å². The minimum atomic E-state index is -1.22. The Balaban J connectivity index is 2.34. The van der Waals surface area contributed by atoms with E-state index < -0.39 is 68.6 Å². The summed E-state index contributed by atoms with van der Waals surface area (Å²) < 4.78 is 0. The van der Waals surface area contributed by atoms with Crippen molar-refractivity contribution in [2.24, 2.45) is 11.8 Å². The highest BCUT2D eigenvalue weighted by atomic mass is 16.4. The zero-order valence-corrected chi connectivity index (χ0v) is 21.7. The first-order valence-electron chi connectivity index (χ1n) is 12.7. The number of carbonyl (C=O) groups is 5. The fraction of sp³-hybridized carbons (Fsp3) is 0.577. The van der Waals surface area contributed by atoms with Crippen LogP contribution in [-0.4, -0.2) is 128 Å². The Kier molecular flexibility index (Phi) is 12.8. The average Bonchev–Trinajstić information content (AvgIpc) is 2.75. The van der Waals surface area contributed by atoms with Crippen molar-refractivity contribution in [2.45, 2.75) is 31.7 Å². The van der Waals surface area contributed by atoms with E-state index in [1.807, 2.05) is 18.2 Å². The van der Waals surface area contributed by atoms with Crippen LogP contribution in [0.25, 0.3) is 0 Å². The van der Waals surface area contributed by atoms with Crippen LogP contribution in [0.5, 0.6) is 0 Å². The van der Waals surface area contributed by atoms with Gasteiger partial charge in [0.05, 0.1) is 32.7 Å². The van der Waals surface area contributed by atoms with Gasteiger partial charge in [-0.25, -0.2) is 0 Å². The summed E-state index contributed by atoms with van der Waals surface area (Å²) in [7, 11) is 0. The van der Waals surface area contributed by atoms with Gasteiger partial charge in [0.2, 0.25) is 0 Å². The van der Waals surface area contributed by atoms with Crippen molar-refractivity contribution in [1.82, 2.24) is 14.7 Å². The van der Waals surface area contributed by atoms with Crippen molar-refractivity contribution >= 4 is 29.8 Å². The second kappa shape index (κ2) is 15.8. The number of carboxylic acids is 5. The molecule has 0 heterocycles. The lowest BCUT2D eigenvalue weighted by atomic mass is 9.75. The lowest BCUT2D eigenvalue weighted by Gasteiger charge is -2.40. The van der Waals surface area contributed by atoms with E-state index in [0.29, 0.717) is 0 Å². The third kappa shape index (κ3) is 12.2. The van der Waals surface area contributed by atoms with Gasteiger partial charge < -0.3 is 25.5 Å². The summed E-state index contributed by atoms with van der Waals surface area (Å²) >= 11 is 0. The average molecular weight is 552 g/mol. The molecule has 0 bridgehead atoms. The van der Waals surface area contributed by atoms with Crippen LogP contribution in [0, 0.1) is 11.8 Å². The van der Waals surface area contributed by atoms with Gasteiger partial charge in [0, 0.05) is 25.7 Å². The van der Waals surface area contributed by atoms with E-state index in [-0.39, 0.29) is 37.9 Å². The van der Waals surface area contributed by atoms with Crippen molar-refractivity contribution in [3.05, 3.63) is 35.9 Å². The van der Waals surface area contributed by atoms with Gasteiger partial charge in [0.1, 0.15) is 0 Å². The molecule has 1 aromatic rings. The Bertz CT molecular complexity index is 953. The number of rotatable bonds is 20. The van der Waals surface area contributed by atoms with E-state index in [4.69, 9.17) is 0 Å². The van der Waals surface area contributed by atoms with E-state index in [9.17, 15) is 49.5 Å². The summed E-state index contributed by atoms with van der Waals surface area (Å²) in [6.07, 6.45) is 2.92. The molecule has 0 spiro atoms. The summed E-state index contributed by atoms with van der Waals surface area (Å²) in [6, 6.07) is 8.39. The normalized spacial score (nSPS) is 15.2. The molecule has 39 heavy (non-hydrogen) atoms. The number of hydrogen-bond donors (Lipinski definition) is 5. The zero-order chi connectivity index (χ0) is 28.9. The molecule has 1 aromatic carbocycles. The molecule has 1 saturated carbocycles. The van der Waals surface area contributed by atoms with Gasteiger partial charge in [0.15, 0.2) is 0 Å². The van der Waals surface area contributed by atoms with Gasteiger partial charge >= 0.3 is 29.8 Å². The highest BCUT2D eigenvalue weighted by molar-refractivity contribution is 5.73. The van der Waals surface area contributed by atoms with E-state index in [2.05, 4.69) is 0 Å². The summed E-state index contributed by atoms with van der Waals surface area (Å²) in [5, 5.41) is 47.1. The molecule has 2 unspecified atom stereocenters. The van der Waals surface area contributed by atoms with Gasteiger partial charge in [-0.3, -0.25) is 38.7 Å². The molecule has 13 nitrogen and oxygen atoms in total. The number of carboxylic acid groups (broad SMARTS) is 5. The minimum Gasteiger partial charge on any atom is -0.480 e. The quantitative estimate of drug-likeness (QED) is 0.149. The van der Waals surface area contributed by atoms with Crippen LogP contribution < -0.4 is 0 Å². The number of hydrogen-bond acceptors (Lipinski definition) is 8. The van der Waals surface area contributed by atoms with Crippen LogP contribution in [0.3, 0.4) is 0 Å². The lowest BCUT2D eigenvalue weighted by Crippen LogP contribution is -2.52. The molecule has 1 fully saturated rings. The van der Waals surface area contributed by atoms with Crippen LogP contribution in [0.1, 0.15) is 24.8 Å². The molecule has 0 aliphatic heterocycles. The van der Waals surface area contributed by atoms with Crippen LogP contribution in [0.4, 0.5) is 0 Å². The number of benzene rings is 1. The highest BCUT2D eigenvalue weighted by Gasteiger charge is 2.33. The molecule has 2 rings (SSSR count). The molecule has 1 aliphatic carbocycles. The fourth-order valence-electron chi connectivity index (χ4n) is 5.05. The molecule has 216 valence electrons. The third-order valence-corrected chi connectivity index (χ3v) is 6.85. The van der Waals surface area contributed by atoms with Crippen LogP contribution in [-0.2, 0) is 30.4 Å². The van der Waals surface area contributed by atoms with E-state index in [1.54, 1.807) is 17.0 Å². The van der Waals surface area contributed by atoms with Gasteiger partial charge in [0.25, 0.3) is 0 Å². The summed E-state index contributed by atoms with van der Waals surface area (Å²) in [6.45, 7) is -2.08. The first-order chi connectivity index (χ1) is 18.4. The standard InChI is InChI=1S/C26H37N3O10/c30-22(31)13-27(10-20(19-7-4-8-19)11-28(14-23(32)33)15-24(34)35)12-21(9-18-5-2-1-3-6-18)29(16-25(36)37)17-26(38)39/h1-3,5-6,19-21H,4,7-17H2,(H,30,31)(H,32,33)(H,34,35)(H,36,37)(H,38,39). The van der Waals surface area contributed by atoms with Crippen molar-refractivity contribution in [3.63, 3.8) is 0 Å². The Labute approximate surface area is 226 Å². The molecule has 2 atom stereocenters. The van der Waals surface area contributed by atoms with Crippen LogP contribution >= 0.6 is 0 Å². The van der Waals surface area contributed by atoms with Gasteiger partial charge in [-0.2, -0.15) is 0 Å². The highest BCUT2D eigenvalue weighted by Crippen LogP contribution is 2.34. The van der Waals surface area contributed by atoms with Crippen molar-refractivity contribution < 1.29 is 49.5 Å². The smallest absolute Gasteiger partial charge is 0.317 e. The predicted molar refractivity (Wildman–Crippen MR) is 137 cm³/mol. The summed E-state index contributed by atoms with van der Waals surface area (Å²) in [4.78, 5) is 61.9. The number of aliphatic carboxylic acids is 5. The first kappa shape index (κ1) is 31.7. The molecule has 0 aromatic heterocycles. The molecule has 13 heteroatoms. The second-order valence-electron chi connectivity index (χ2n) is 10.0. The molecule has 5 N–H and O–H groups in total. The summed E-state index contributed by atoms with van der Waals surface area (Å²) in [5.74, 6) is -6.00. The molecular weight excluding hydrogens is 514 g/mol. The van der Waals surface area contributed by atoms with Gasteiger partial charge in [-0.15, -0.1) is 0 Å². The monoisotopic (exact) mass is 551 g/mol. The zero-order valence-electron chi connectivity index (χ0n) is 21.7. The first-order valence-corrected chi connectivity index (χ1v) is 12.7. The van der Waals surface area contributed by atoms with Crippen molar-refractivity contribution in [1.29, 1.82) is 0 Å². The van der Waals surface area contributed by atoms with Gasteiger partial charge in [-0.05, 0) is 23.8 Å². The Morgan fingerprint density at radius 3 is 1.56 bits per heavy atom. The fourth-order valence-corrected chi connectivity index (χ4v) is 5.05. The van der Waals surface area contributed by atoms with Crippen LogP contribution in [0.2, 0.25) is 0 Å². The maximum atomic E-state index is 11.8. The maximum absolute atomic E-state index is 11.8. The summed E-state index contributed by atoms with van der Waals surface area (Å²) in [5.41, 5.74) is 0.822. The molecule has 0 saturated heterocycles. The predicted octanol–water partition coefficient (Wildman–Crippen LogP) is 0.343. The minimum absolute atomic E-state index is 0.0445. The van der Waals surface area contributed by atoms with Gasteiger partial charge in [-0.1, -0.05) is 49.6 Å². The Hall–Kier alpha value is -3.55. The molecule has 0 amide bonds. The molecular formula is C26H37N3O10. The Morgan fingerprint density at radius 1 is 0.667 bits per heavy atom. The second-order valence-corrected chi connectivity index (χ2v) is 10.0. The largest absolute Gasteiger partial charge is 0.480 e. The molecule has 1 aliphatic rings. The SMILES string of the molecule is O=C(O)CN(CC(=O)O)CC(CN(CC(=O)O)CC(Cc1ccccc1)N(CC(=O)O)CC(=O)O)C1CCC1. The molecule has 0 radical (unpaired) electrons. The van der Waals surface area contributed by atoms with Crippen LogP contribution in [0.15, 0.2) is 30.3 Å². The van der Waals surface area contributed by atoms with Crippen molar-refractivity contribution in [3.8, 4) is 0 Å². The Morgan fingerprint density at radius 2 is 1.13 bits per heavy atom. The van der Waals surface area contributed by atoms with Crippen molar-refractivity contribution in [2.75, 3.05) is 52.4 Å². The topological polar surface area (TPSA) is 196 Å². The van der Waals surface area contributed by atoms with E-state index >= 15 is 0 Å². The third-order valence-electron chi connectivity index (χ3n) is 6.85. The lowest BCUT2D eigenvalue weighted by molar-refractivity contribution is -0.145.